The first-order chi connectivity index (χ1) is 10.7. The molecule has 0 nitrogen and oxygen atoms in total. The summed E-state index contributed by atoms with van der Waals surface area (Å²) in [5.74, 6) is 0.519. The van der Waals surface area contributed by atoms with Gasteiger partial charge in [-0.15, -0.1) is 0 Å². The van der Waals surface area contributed by atoms with Gasteiger partial charge in [0.15, 0.2) is 0 Å². The van der Waals surface area contributed by atoms with Gasteiger partial charge in [0.25, 0.3) is 0 Å². The van der Waals surface area contributed by atoms with Crippen molar-refractivity contribution in [2.24, 2.45) is 5.92 Å². The molecule has 0 amide bonds. The minimum Gasteiger partial charge on any atom is -0.0732 e. The van der Waals surface area contributed by atoms with Gasteiger partial charge in [-0.05, 0) is 61.0 Å². The minimum atomic E-state index is 0.519. The van der Waals surface area contributed by atoms with Crippen LogP contribution in [0.2, 0.25) is 0 Å². The van der Waals surface area contributed by atoms with E-state index in [1.807, 2.05) is 0 Å². The molecule has 0 saturated carbocycles. The number of rotatable bonds is 3. The van der Waals surface area contributed by atoms with E-state index in [1.165, 1.54) is 22.3 Å². The van der Waals surface area contributed by atoms with Crippen LogP contribution in [0.5, 0.6) is 0 Å². The molecule has 0 radical (unpaired) electrons. The van der Waals surface area contributed by atoms with Gasteiger partial charge in [0.05, 0.1) is 0 Å². The quantitative estimate of drug-likeness (QED) is 0.659. The summed E-state index contributed by atoms with van der Waals surface area (Å²) in [4.78, 5) is 0. The van der Waals surface area contributed by atoms with E-state index in [0.29, 0.717) is 5.92 Å². The third kappa shape index (κ3) is 2.14. The van der Waals surface area contributed by atoms with Crippen LogP contribution in [-0.4, -0.2) is 0 Å². The molecule has 0 spiro atoms. The Morgan fingerprint density at radius 2 is 1.82 bits per heavy atom. The lowest BCUT2D eigenvalue weighted by atomic mass is 9.91. The van der Waals surface area contributed by atoms with Gasteiger partial charge >= 0.3 is 0 Å². The van der Waals surface area contributed by atoms with E-state index in [1.54, 1.807) is 16.7 Å². The Morgan fingerprint density at radius 3 is 2.73 bits per heavy atom. The van der Waals surface area contributed by atoms with E-state index in [4.69, 9.17) is 0 Å². The van der Waals surface area contributed by atoms with Gasteiger partial charge in [0.1, 0.15) is 0 Å². The predicted molar refractivity (Wildman–Crippen MR) is 94.5 cm³/mol. The van der Waals surface area contributed by atoms with E-state index < -0.39 is 0 Å². The molecule has 3 aliphatic carbocycles. The molecule has 0 heteroatoms. The second-order valence-corrected chi connectivity index (χ2v) is 6.65. The lowest BCUT2D eigenvalue weighted by Crippen LogP contribution is -1.96. The fourth-order valence-corrected chi connectivity index (χ4v) is 4.13. The molecule has 110 valence electrons. The Hall–Kier alpha value is -2.08. The van der Waals surface area contributed by atoms with E-state index in [2.05, 4.69) is 68.5 Å². The standard InChI is InChI=1S/C22H22/c1-15-13-17-7-3-5-9-21(17)19(15)11-12-20-16(2)14-18-8-4-6-10-22(18)20/h3-10,13,17H,11-12,14H2,1-2H3. The van der Waals surface area contributed by atoms with Crippen LogP contribution in [-0.2, 0) is 6.42 Å². The van der Waals surface area contributed by atoms with Crippen molar-refractivity contribution in [2.45, 2.75) is 33.1 Å². The van der Waals surface area contributed by atoms with E-state index in [0.717, 1.165) is 19.3 Å². The molecule has 0 saturated heterocycles. The molecule has 1 aromatic carbocycles. The number of allylic oxidation sites excluding steroid dienone is 10. The maximum atomic E-state index is 2.41. The van der Waals surface area contributed by atoms with Crippen molar-refractivity contribution in [3.8, 4) is 0 Å². The van der Waals surface area contributed by atoms with E-state index in [9.17, 15) is 0 Å². The van der Waals surface area contributed by atoms with Gasteiger partial charge in [0, 0.05) is 5.92 Å². The highest BCUT2D eigenvalue weighted by Crippen LogP contribution is 2.41. The molecule has 0 aliphatic heterocycles. The smallest absolute Gasteiger partial charge is 0.0210 e. The molecule has 0 heterocycles. The normalized spacial score (nSPS) is 22.3. The van der Waals surface area contributed by atoms with Crippen LogP contribution in [0.3, 0.4) is 0 Å². The zero-order valence-corrected chi connectivity index (χ0v) is 13.4. The fourth-order valence-electron chi connectivity index (χ4n) is 4.13. The Balaban J connectivity index is 1.59. The number of hydrogen-bond acceptors (Lipinski definition) is 0. The highest BCUT2D eigenvalue weighted by molar-refractivity contribution is 5.76. The molecular weight excluding hydrogens is 264 g/mol. The lowest BCUT2D eigenvalue weighted by molar-refractivity contribution is 0.958. The molecule has 3 aliphatic rings. The molecule has 1 unspecified atom stereocenters. The lowest BCUT2D eigenvalue weighted by Gasteiger charge is -2.13. The van der Waals surface area contributed by atoms with Gasteiger partial charge in [0.2, 0.25) is 0 Å². The van der Waals surface area contributed by atoms with Gasteiger partial charge in [-0.2, -0.15) is 0 Å². The Morgan fingerprint density at radius 1 is 1.00 bits per heavy atom. The molecule has 22 heavy (non-hydrogen) atoms. The van der Waals surface area contributed by atoms with Crippen LogP contribution >= 0.6 is 0 Å². The van der Waals surface area contributed by atoms with Crippen molar-refractivity contribution in [1.29, 1.82) is 0 Å². The Kier molecular flexibility index (Phi) is 3.26. The van der Waals surface area contributed by atoms with Crippen molar-refractivity contribution in [3.05, 3.63) is 88.1 Å². The van der Waals surface area contributed by atoms with Crippen LogP contribution in [0.15, 0.2) is 76.9 Å². The first-order valence-electron chi connectivity index (χ1n) is 8.27. The number of fused-ring (bicyclic) bond motifs is 2. The highest BCUT2D eigenvalue weighted by Gasteiger charge is 2.23. The van der Waals surface area contributed by atoms with Gasteiger partial charge in [-0.3, -0.25) is 0 Å². The molecule has 0 bridgehead atoms. The van der Waals surface area contributed by atoms with Crippen LogP contribution in [0.1, 0.15) is 37.8 Å². The molecule has 0 aromatic heterocycles. The molecule has 0 fully saturated rings. The highest BCUT2D eigenvalue weighted by atomic mass is 14.3. The minimum absolute atomic E-state index is 0.519. The largest absolute Gasteiger partial charge is 0.0732 e. The topological polar surface area (TPSA) is 0 Å². The second kappa shape index (κ2) is 5.28. The average molecular weight is 286 g/mol. The first-order valence-corrected chi connectivity index (χ1v) is 8.27. The van der Waals surface area contributed by atoms with Crippen molar-refractivity contribution in [3.63, 3.8) is 0 Å². The maximum absolute atomic E-state index is 2.41. The zero-order chi connectivity index (χ0) is 15.1. The monoisotopic (exact) mass is 286 g/mol. The van der Waals surface area contributed by atoms with Crippen LogP contribution in [0, 0.1) is 5.92 Å². The third-order valence-corrected chi connectivity index (χ3v) is 5.26. The number of benzene rings is 1. The summed E-state index contributed by atoms with van der Waals surface area (Å²) in [6, 6.07) is 8.90. The van der Waals surface area contributed by atoms with E-state index >= 15 is 0 Å². The van der Waals surface area contributed by atoms with Crippen LogP contribution in [0.25, 0.3) is 5.57 Å². The van der Waals surface area contributed by atoms with Crippen LogP contribution < -0.4 is 0 Å². The Bertz CT molecular complexity index is 778. The molecule has 4 rings (SSSR count). The summed E-state index contributed by atoms with van der Waals surface area (Å²) < 4.78 is 0. The summed E-state index contributed by atoms with van der Waals surface area (Å²) in [7, 11) is 0. The van der Waals surface area contributed by atoms with Crippen molar-refractivity contribution in [1.82, 2.24) is 0 Å². The molecule has 0 N–H and O–H groups in total. The van der Waals surface area contributed by atoms with Crippen molar-refractivity contribution < 1.29 is 0 Å². The summed E-state index contributed by atoms with van der Waals surface area (Å²) in [6.07, 6.45) is 14.8. The summed E-state index contributed by atoms with van der Waals surface area (Å²) >= 11 is 0. The summed E-state index contributed by atoms with van der Waals surface area (Å²) in [5, 5.41) is 0. The molecular formula is C22H22. The summed E-state index contributed by atoms with van der Waals surface area (Å²) in [5.41, 5.74) is 10.7. The number of hydrogen-bond donors (Lipinski definition) is 0. The second-order valence-electron chi connectivity index (χ2n) is 6.65. The third-order valence-electron chi connectivity index (χ3n) is 5.26. The van der Waals surface area contributed by atoms with Gasteiger partial charge in [-0.25, -0.2) is 0 Å². The Labute approximate surface area is 133 Å². The fraction of sp³-hybridized carbons (Fsp3) is 0.273. The SMILES string of the molecule is CC1=CC2C=CC=CC2=C1CCC1=C(C)Cc2ccccc21. The van der Waals surface area contributed by atoms with E-state index in [-0.39, 0.29) is 0 Å². The van der Waals surface area contributed by atoms with Crippen molar-refractivity contribution >= 4 is 5.57 Å². The molecule has 1 atom stereocenters. The summed E-state index contributed by atoms with van der Waals surface area (Å²) in [6.45, 7) is 4.57. The van der Waals surface area contributed by atoms with Crippen molar-refractivity contribution in [2.75, 3.05) is 0 Å². The van der Waals surface area contributed by atoms with Gasteiger partial charge < -0.3 is 0 Å². The van der Waals surface area contributed by atoms with Gasteiger partial charge in [-0.1, -0.05) is 65.8 Å². The maximum Gasteiger partial charge on any atom is 0.0210 e. The molecule has 1 aromatic rings. The first kappa shape index (κ1) is 13.6. The average Bonchev–Trinajstić information content (AvgIpc) is 3.01. The predicted octanol–water partition coefficient (Wildman–Crippen LogP) is 5.80. The zero-order valence-electron chi connectivity index (χ0n) is 13.4. The van der Waals surface area contributed by atoms with Crippen LogP contribution in [0.4, 0.5) is 0 Å².